The van der Waals surface area contributed by atoms with Gasteiger partial charge in [0.05, 0.1) is 27.6 Å². The molecule has 0 fully saturated rings. The summed E-state index contributed by atoms with van der Waals surface area (Å²) in [5, 5.41) is 8.88. The largest absolute Gasteiger partial charge is 0.481 e. The average Bonchev–Trinajstić information content (AvgIpc) is 2.34. The van der Waals surface area contributed by atoms with Crippen LogP contribution in [0.25, 0.3) is 0 Å². The van der Waals surface area contributed by atoms with Gasteiger partial charge in [-0.2, -0.15) is 0 Å². The smallest absolute Gasteiger partial charge is 0.330 e. The molecule has 1 N–H and O–H groups in total. The van der Waals surface area contributed by atoms with Gasteiger partial charge >= 0.3 is 11.9 Å². The van der Waals surface area contributed by atoms with Crippen molar-refractivity contribution >= 4 is 11.9 Å². The van der Waals surface area contributed by atoms with Crippen molar-refractivity contribution in [1.82, 2.24) is 0 Å². The van der Waals surface area contributed by atoms with Crippen LogP contribution in [-0.2, 0) is 14.3 Å². The number of carbonyl (C=O) groups excluding carboxylic acids is 1. The number of hydrogen-bond acceptors (Lipinski definition) is 3. The van der Waals surface area contributed by atoms with Gasteiger partial charge in [-0.25, -0.2) is 4.79 Å². The van der Waals surface area contributed by atoms with Crippen LogP contribution in [0.15, 0.2) is 36.5 Å². The summed E-state index contributed by atoms with van der Waals surface area (Å²) >= 11 is 0. The van der Waals surface area contributed by atoms with E-state index in [1.54, 1.807) is 6.08 Å². The second-order valence-corrected chi connectivity index (χ2v) is 6.06. The van der Waals surface area contributed by atoms with Gasteiger partial charge in [-0.15, -0.1) is 0 Å². The molecule has 1 atom stereocenters. The first-order valence-electron chi connectivity index (χ1n) is 7.42. The molecule has 0 heterocycles. The SMILES string of the molecule is C/C=C/C=C/CC/C=C/C(=O)OC(CC(=O)O)C[N+](C)(C)C. The van der Waals surface area contributed by atoms with E-state index in [1.807, 2.05) is 52.4 Å². The molecule has 0 rings (SSSR count). The van der Waals surface area contributed by atoms with Crippen LogP contribution < -0.4 is 0 Å². The maximum atomic E-state index is 11.7. The minimum Gasteiger partial charge on any atom is -0.481 e. The number of carboxylic acid groups (broad SMARTS) is 1. The zero-order valence-corrected chi connectivity index (χ0v) is 14.0. The van der Waals surface area contributed by atoms with Crippen molar-refractivity contribution in [1.29, 1.82) is 0 Å². The topological polar surface area (TPSA) is 63.6 Å². The zero-order valence-electron chi connectivity index (χ0n) is 14.0. The van der Waals surface area contributed by atoms with Crippen LogP contribution >= 0.6 is 0 Å². The van der Waals surface area contributed by atoms with Gasteiger partial charge in [-0.05, 0) is 19.8 Å². The van der Waals surface area contributed by atoms with Crippen LogP contribution in [0.5, 0.6) is 0 Å². The number of nitrogens with zero attached hydrogens (tertiary/aromatic N) is 1. The highest BCUT2D eigenvalue weighted by Crippen LogP contribution is 2.06. The Morgan fingerprint density at radius 1 is 1.14 bits per heavy atom. The van der Waals surface area contributed by atoms with E-state index >= 15 is 0 Å². The maximum absolute atomic E-state index is 11.7. The number of ether oxygens (including phenoxy) is 1. The van der Waals surface area contributed by atoms with E-state index in [2.05, 4.69) is 0 Å². The van der Waals surface area contributed by atoms with Crippen molar-refractivity contribution in [2.24, 2.45) is 0 Å². The summed E-state index contributed by atoms with van der Waals surface area (Å²) in [6.07, 6.45) is 11.7. The Bertz CT molecular complexity index is 430. The normalized spacial score (nSPS) is 14.0. The number of rotatable bonds is 10. The van der Waals surface area contributed by atoms with Crippen LogP contribution in [0.1, 0.15) is 26.2 Å². The number of carboxylic acids is 1. The van der Waals surface area contributed by atoms with Crippen molar-refractivity contribution in [3.05, 3.63) is 36.5 Å². The predicted molar refractivity (Wildman–Crippen MR) is 87.4 cm³/mol. The van der Waals surface area contributed by atoms with Gasteiger partial charge in [0.2, 0.25) is 0 Å². The summed E-state index contributed by atoms with van der Waals surface area (Å²) in [5.41, 5.74) is 0. The number of carbonyl (C=O) groups is 2. The summed E-state index contributed by atoms with van der Waals surface area (Å²) < 4.78 is 5.76. The van der Waals surface area contributed by atoms with Crippen molar-refractivity contribution < 1.29 is 23.9 Å². The Morgan fingerprint density at radius 2 is 1.77 bits per heavy atom. The molecule has 22 heavy (non-hydrogen) atoms. The Labute approximate surface area is 133 Å². The fraction of sp³-hybridized carbons (Fsp3) is 0.529. The third kappa shape index (κ3) is 13.1. The molecule has 0 aromatic rings. The molecular formula is C17H28NO4+. The molecule has 1 unspecified atom stereocenters. The van der Waals surface area contributed by atoms with E-state index in [-0.39, 0.29) is 6.42 Å². The van der Waals surface area contributed by atoms with Gasteiger partial charge in [0.15, 0.2) is 6.10 Å². The molecule has 0 aliphatic rings. The van der Waals surface area contributed by atoms with Gasteiger partial charge in [0.25, 0.3) is 0 Å². The third-order valence-corrected chi connectivity index (χ3v) is 2.63. The maximum Gasteiger partial charge on any atom is 0.330 e. The average molecular weight is 310 g/mol. The molecule has 0 bridgehead atoms. The lowest BCUT2D eigenvalue weighted by Crippen LogP contribution is -2.43. The Hall–Kier alpha value is -1.88. The summed E-state index contributed by atoms with van der Waals surface area (Å²) in [6, 6.07) is 0. The Kier molecular flexibility index (Phi) is 9.87. The number of quaternary nitrogens is 1. The number of unbranched alkanes of at least 4 members (excludes halogenated alkanes) is 1. The first kappa shape index (κ1) is 20.1. The molecule has 0 aliphatic heterocycles. The molecule has 0 aliphatic carbocycles. The highest BCUT2D eigenvalue weighted by Gasteiger charge is 2.23. The fourth-order valence-electron chi connectivity index (χ4n) is 1.81. The van der Waals surface area contributed by atoms with Crippen molar-refractivity contribution in [2.75, 3.05) is 27.7 Å². The number of aliphatic carboxylic acids is 1. The van der Waals surface area contributed by atoms with E-state index in [1.165, 1.54) is 6.08 Å². The second-order valence-electron chi connectivity index (χ2n) is 6.06. The zero-order chi connectivity index (χ0) is 17.0. The standard InChI is InChI=1S/C17H27NO4/c1-5-6-7-8-9-10-11-12-17(21)22-15(13-16(19)20)14-18(2,3)4/h5-8,11-12,15H,9-10,13-14H2,1-4H3/p+1/b6-5+,8-7+,12-11+. The van der Waals surface area contributed by atoms with E-state index < -0.39 is 18.0 Å². The van der Waals surface area contributed by atoms with Crippen LogP contribution in [0.4, 0.5) is 0 Å². The van der Waals surface area contributed by atoms with Crippen molar-refractivity contribution in [3.63, 3.8) is 0 Å². The molecule has 0 spiro atoms. The lowest BCUT2D eigenvalue weighted by atomic mass is 10.2. The predicted octanol–water partition coefficient (Wildman–Crippen LogP) is 2.55. The lowest BCUT2D eigenvalue weighted by Gasteiger charge is -2.28. The second kappa shape index (κ2) is 10.8. The molecule has 0 saturated carbocycles. The summed E-state index contributed by atoms with van der Waals surface area (Å²) in [4.78, 5) is 22.6. The highest BCUT2D eigenvalue weighted by atomic mass is 16.5. The Balaban J connectivity index is 4.29. The molecule has 0 radical (unpaired) electrons. The van der Waals surface area contributed by atoms with E-state index in [4.69, 9.17) is 9.84 Å². The minimum absolute atomic E-state index is 0.179. The Morgan fingerprint density at radius 3 is 2.32 bits per heavy atom. The molecule has 0 amide bonds. The van der Waals surface area contributed by atoms with Crippen LogP contribution in [0.2, 0.25) is 0 Å². The van der Waals surface area contributed by atoms with Crippen LogP contribution in [-0.4, -0.2) is 55.3 Å². The number of allylic oxidation sites excluding steroid dienone is 5. The van der Waals surface area contributed by atoms with E-state index in [9.17, 15) is 9.59 Å². The van der Waals surface area contributed by atoms with Gasteiger partial charge in [0.1, 0.15) is 6.54 Å². The molecular weight excluding hydrogens is 282 g/mol. The number of hydrogen-bond donors (Lipinski definition) is 1. The number of likely N-dealkylation sites (N-methyl/N-ethyl adjacent to an activating group) is 1. The summed E-state index contributed by atoms with van der Waals surface area (Å²) in [6.45, 7) is 2.40. The molecule has 0 saturated heterocycles. The highest BCUT2D eigenvalue weighted by molar-refractivity contribution is 5.82. The third-order valence-electron chi connectivity index (χ3n) is 2.63. The molecule has 0 aromatic heterocycles. The summed E-state index contributed by atoms with van der Waals surface area (Å²) in [5.74, 6) is -1.46. The van der Waals surface area contributed by atoms with Crippen molar-refractivity contribution in [3.8, 4) is 0 Å². The molecule has 5 nitrogen and oxygen atoms in total. The van der Waals surface area contributed by atoms with Crippen LogP contribution in [0, 0.1) is 0 Å². The lowest BCUT2D eigenvalue weighted by molar-refractivity contribution is -0.873. The van der Waals surface area contributed by atoms with Gasteiger partial charge in [-0.1, -0.05) is 30.4 Å². The van der Waals surface area contributed by atoms with Crippen molar-refractivity contribution in [2.45, 2.75) is 32.3 Å². The quantitative estimate of drug-likeness (QED) is 0.221. The first-order chi connectivity index (χ1) is 10.2. The minimum atomic E-state index is -0.968. The van der Waals surface area contributed by atoms with Gasteiger partial charge in [0, 0.05) is 6.08 Å². The molecule has 5 heteroatoms. The van der Waals surface area contributed by atoms with Gasteiger partial charge in [-0.3, -0.25) is 4.79 Å². The first-order valence-corrected chi connectivity index (χ1v) is 7.42. The number of esters is 1. The monoisotopic (exact) mass is 310 g/mol. The van der Waals surface area contributed by atoms with Gasteiger partial charge < -0.3 is 14.3 Å². The fourth-order valence-corrected chi connectivity index (χ4v) is 1.81. The summed E-state index contributed by atoms with van der Waals surface area (Å²) in [7, 11) is 5.78. The van der Waals surface area contributed by atoms with E-state index in [0.29, 0.717) is 11.0 Å². The molecule has 124 valence electrons. The van der Waals surface area contributed by atoms with Crippen LogP contribution in [0.3, 0.4) is 0 Å². The molecule has 0 aromatic carbocycles. The van der Waals surface area contributed by atoms with E-state index in [0.717, 1.165) is 12.8 Å².